The Labute approximate surface area is 157 Å². The van der Waals surface area contributed by atoms with Gasteiger partial charge in [0, 0.05) is 17.3 Å². The van der Waals surface area contributed by atoms with Crippen LogP contribution in [0.2, 0.25) is 5.02 Å². The number of benzene rings is 2. The molecule has 2 aromatic rings. The summed E-state index contributed by atoms with van der Waals surface area (Å²) in [5.41, 5.74) is 2.14. The van der Waals surface area contributed by atoms with Crippen LogP contribution in [-0.2, 0) is 21.2 Å². The van der Waals surface area contributed by atoms with Crippen molar-refractivity contribution in [3.05, 3.63) is 64.4 Å². The predicted molar refractivity (Wildman–Crippen MR) is 101 cm³/mol. The first-order valence-corrected chi connectivity index (χ1v) is 10.1. The second kappa shape index (κ2) is 8.62. The zero-order chi connectivity index (χ0) is 19.3. The van der Waals surface area contributed by atoms with Crippen LogP contribution in [0.15, 0.2) is 42.5 Å². The lowest BCUT2D eigenvalue weighted by Crippen LogP contribution is -2.38. The fraction of sp³-hybridized carbons (Fsp3) is 0.278. The first kappa shape index (κ1) is 20.4. The number of carbonyl (C=O) groups excluding carboxylic acids is 1. The molecule has 2 aromatic carbocycles. The van der Waals surface area contributed by atoms with Crippen molar-refractivity contribution in [1.82, 2.24) is 4.31 Å². The summed E-state index contributed by atoms with van der Waals surface area (Å²) in [6.45, 7) is 1.62. The van der Waals surface area contributed by atoms with Crippen molar-refractivity contribution >= 4 is 33.2 Å². The summed E-state index contributed by atoms with van der Waals surface area (Å²) >= 11 is 5.88. The molecular formula is C18H20ClFN2O3S. The molecule has 0 aliphatic carbocycles. The molecule has 0 aromatic heterocycles. The molecule has 0 spiro atoms. The van der Waals surface area contributed by atoms with Crippen molar-refractivity contribution in [3.63, 3.8) is 0 Å². The highest BCUT2D eigenvalue weighted by molar-refractivity contribution is 7.88. The maximum atomic E-state index is 12.9. The molecule has 0 saturated carbocycles. The van der Waals surface area contributed by atoms with E-state index in [1.165, 1.54) is 12.1 Å². The Bertz CT molecular complexity index is 886. The molecular weight excluding hydrogens is 379 g/mol. The molecule has 5 nitrogen and oxygen atoms in total. The number of rotatable bonds is 7. The van der Waals surface area contributed by atoms with E-state index < -0.39 is 15.9 Å². The monoisotopic (exact) mass is 398 g/mol. The van der Waals surface area contributed by atoms with Crippen LogP contribution in [-0.4, -0.2) is 38.0 Å². The highest BCUT2D eigenvalue weighted by Crippen LogP contribution is 2.19. The van der Waals surface area contributed by atoms with Crippen LogP contribution in [0, 0.1) is 12.7 Å². The highest BCUT2D eigenvalue weighted by atomic mass is 35.5. The van der Waals surface area contributed by atoms with Crippen LogP contribution in [0.5, 0.6) is 0 Å². The van der Waals surface area contributed by atoms with Crippen LogP contribution in [0.3, 0.4) is 0 Å². The fourth-order valence-corrected chi connectivity index (χ4v) is 3.39. The zero-order valence-electron chi connectivity index (χ0n) is 14.5. The van der Waals surface area contributed by atoms with Gasteiger partial charge in [0.25, 0.3) is 0 Å². The van der Waals surface area contributed by atoms with E-state index in [-0.39, 0.29) is 18.9 Å². The number of hydrogen-bond acceptors (Lipinski definition) is 3. The molecule has 8 heteroatoms. The summed E-state index contributed by atoms with van der Waals surface area (Å²) in [6.07, 6.45) is 1.43. The minimum atomic E-state index is -3.57. The van der Waals surface area contributed by atoms with E-state index in [0.717, 1.165) is 21.7 Å². The second-order valence-electron chi connectivity index (χ2n) is 5.98. The average molecular weight is 399 g/mol. The fourth-order valence-electron chi connectivity index (χ4n) is 2.38. The largest absolute Gasteiger partial charge is 0.325 e. The number of halogens is 2. The van der Waals surface area contributed by atoms with Gasteiger partial charge in [-0.2, -0.15) is 4.31 Å². The summed E-state index contributed by atoms with van der Waals surface area (Å²) in [7, 11) is -3.57. The number of anilines is 1. The lowest BCUT2D eigenvalue weighted by Gasteiger charge is -2.20. The van der Waals surface area contributed by atoms with Crippen molar-refractivity contribution < 1.29 is 17.6 Å². The van der Waals surface area contributed by atoms with Gasteiger partial charge in [-0.1, -0.05) is 23.7 Å². The summed E-state index contributed by atoms with van der Waals surface area (Å²) < 4.78 is 38.0. The molecule has 0 atom stereocenters. The van der Waals surface area contributed by atoms with Gasteiger partial charge in [0.15, 0.2) is 0 Å². The van der Waals surface area contributed by atoms with Gasteiger partial charge in [-0.3, -0.25) is 4.79 Å². The minimum absolute atomic E-state index is 0.123. The molecule has 1 amide bonds. The Morgan fingerprint density at radius 2 is 1.85 bits per heavy atom. The van der Waals surface area contributed by atoms with Gasteiger partial charge in [-0.25, -0.2) is 12.8 Å². The Kier molecular flexibility index (Phi) is 6.75. The second-order valence-corrected chi connectivity index (χ2v) is 8.40. The molecule has 0 fully saturated rings. The number of nitrogens with zero attached hydrogens (tertiary/aromatic N) is 1. The molecule has 0 heterocycles. The van der Waals surface area contributed by atoms with E-state index in [1.807, 2.05) is 0 Å². The first-order valence-electron chi connectivity index (χ1n) is 7.91. The molecule has 0 bridgehead atoms. The van der Waals surface area contributed by atoms with Gasteiger partial charge in [-0.15, -0.1) is 0 Å². The van der Waals surface area contributed by atoms with E-state index in [2.05, 4.69) is 5.32 Å². The molecule has 0 radical (unpaired) electrons. The molecule has 0 saturated heterocycles. The Hall–Kier alpha value is -1.96. The normalized spacial score (nSPS) is 11.6. The predicted octanol–water partition coefficient (Wildman–Crippen LogP) is 3.23. The SMILES string of the molecule is Cc1cc(Cl)ccc1NC(=O)CN(CCc1ccc(F)cc1)S(C)(=O)=O. The van der Waals surface area contributed by atoms with Crippen molar-refractivity contribution in [3.8, 4) is 0 Å². The van der Waals surface area contributed by atoms with Gasteiger partial charge in [0.1, 0.15) is 5.82 Å². The molecule has 0 aliphatic heterocycles. The first-order chi connectivity index (χ1) is 12.1. The van der Waals surface area contributed by atoms with Gasteiger partial charge in [0.05, 0.1) is 12.8 Å². The molecule has 2 rings (SSSR count). The lowest BCUT2D eigenvalue weighted by atomic mass is 10.1. The number of aryl methyl sites for hydroxylation is 1. The lowest BCUT2D eigenvalue weighted by molar-refractivity contribution is -0.116. The maximum absolute atomic E-state index is 12.9. The van der Waals surface area contributed by atoms with Crippen molar-refractivity contribution in [1.29, 1.82) is 0 Å². The quantitative estimate of drug-likeness (QED) is 0.778. The topological polar surface area (TPSA) is 66.5 Å². The number of hydrogen-bond donors (Lipinski definition) is 1. The van der Waals surface area contributed by atoms with E-state index in [1.54, 1.807) is 37.3 Å². The molecule has 26 heavy (non-hydrogen) atoms. The van der Waals surface area contributed by atoms with Crippen LogP contribution in [0.25, 0.3) is 0 Å². The number of carbonyl (C=O) groups is 1. The zero-order valence-corrected chi connectivity index (χ0v) is 16.1. The third-order valence-corrected chi connectivity index (χ3v) is 5.30. The number of amides is 1. The number of sulfonamides is 1. The molecule has 1 N–H and O–H groups in total. The van der Waals surface area contributed by atoms with Crippen LogP contribution >= 0.6 is 11.6 Å². The minimum Gasteiger partial charge on any atom is -0.325 e. The molecule has 140 valence electrons. The summed E-state index contributed by atoms with van der Waals surface area (Å²) in [5, 5.41) is 3.25. The van der Waals surface area contributed by atoms with Crippen molar-refractivity contribution in [2.45, 2.75) is 13.3 Å². The third-order valence-electron chi connectivity index (χ3n) is 3.81. The Morgan fingerprint density at radius 1 is 1.19 bits per heavy atom. The average Bonchev–Trinajstić information content (AvgIpc) is 2.54. The van der Waals surface area contributed by atoms with Crippen molar-refractivity contribution in [2.24, 2.45) is 0 Å². The van der Waals surface area contributed by atoms with Gasteiger partial charge in [0.2, 0.25) is 15.9 Å². The van der Waals surface area contributed by atoms with E-state index in [4.69, 9.17) is 11.6 Å². The highest BCUT2D eigenvalue weighted by Gasteiger charge is 2.20. The summed E-state index contributed by atoms with van der Waals surface area (Å²) in [4.78, 5) is 12.3. The standard InChI is InChI=1S/C18H20ClFN2O3S/c1-13-11-15(19)5-8-17(13)21-18(23)12-22(26(2,24)25)10-9-14-3-6-16(20)7-4-14/h3-8,11H,9-10,12H2,1-2H3,(H,21,23). The van der Waals surface area contributed by atoms with E-state index in [0.29, 0.717) is 17.1 Å². The number of nitrogens with one attached hydrogen (secondary N) is 1. The van der Waals surface area contributed by atoms with Crippen LogP contribution in [0.1, 0.15) is 11.1 Å². The van der Waals surface area contributed by atoms with Gasteiger partial charge >= 0.3 is 0 Å². The third kappa shape index (κ3) is 6.09. The van der Waals surface area contributed by atoms with E-state index in [9.17, 15) is 17.6 Å². The summed E-state index contributed by atoms with van der Waals surface area (Å²) in [6, 6.07) is 10.8. The van der Waals surface area contributed by atoms with Gasteiger partial charge < -0.3 is 5.32 Å². The maximum Gasteiger partial charge on any atom is 0.239 e. The molecule has 0 aliphatic rings. The molecule has 0 unspecified atom stereocenters. The van der Waals surface area contributed by atoms with Crippen LogP contribution < -0.4 is 5.32 Å². The smallest absolute Gasteiger partial charge is 0.239 e. The Morgan fingerprint density at radius 3 is 2.42 bits per heavy atom. The van der Waals surface area contributed by atoms with Crippen molar-refractivity contribution in [2.75, 3.05) is 24.7 Å². The van der Waals surface area contributed by atoms with E-state index >= 15 is 0 Å². The Balaban J connectivity index is 2.02. The van der Waals surface area contributed by atoms with Gasteiger partial charge in [-0.05, 0) is 54.8 Å². The van der Waals surface area contributed by atoms with Crippen LogP contribution in [0.4, 0.5) is 10.1 Å². The summed E-state index contributed by atoms with van der Waals surface area (Å²) in [5.74, 6) is -0.800.